The van der Waals surface area contributed by atoms with E-state index in [9.17, 15) is 14.4 Å². The van der Waals surface area contributed by atoms with Crippen molar-refractivity contribution < 1.29 is 14.4 Å². The van der Waals surface area contributed by atoms with Crippen LogP contribution in [0.15, 0.2) is 58.1 Å². The zero-order valence-electron chi connectivity index (χ0n) is 16.4. The topological polar surface area (TPSA) is 99.7 Å². The summed E-state index contributed by atoms with van der Waals surface area (Å²) in [5.74, 6) is -2.09. The Morgan fingerprint density at radius 1 is 0.967 bits per heavy atom. The smallest absolute Gasteiger partial charge is 0.329 e. The molecule has 7 nitrogen and oxygen atoms in total. The van der Waals surface area contributed by atoms with Crippen LogP contribution < -0.4 is 16.1 Å². The molecule has 30 heavy (non-hydrogen) atoms. The van der Waals surface area contributed by atoms with Gasteiger partial charge in [-0.25, -0.2) is 5.43 Å². The van der Waals surface area contributed by atoms with E-state index in [1.807, 2.05) is 24.3 Å². The van der Waals surface area contributed by atoms with Gasteiger partial charge < -0.3 is 10.6 Å². The van der Waals surface area contributed by atoms with Gasteiger partial charge in [-0.2, -0.15) is 5.10 Å². The minimum atomic E-state index is -0.927. The highest BCUT2D eigenvalue weighted by Crippen LogP contribution is 2.20. The van der Waals surface area contributed by atoms with Crippen molar-refractivity contribution >= 4 is 45.6 Å². The summed E-state index contributed by atoms with van der Waals surface area (Å²) < 4.78 is 0.874. The van der Waals surface area contributed by atoms with E-state index in [-0.39, 0.29) is 17.6 Å². The number of carbonyl (C=O) groups excluding carboxylic acids is 3. The molecule has 0 aliphatic heterocycles. The molecule has 3 amide bonds. The SMILES string of the molecule is O=C(N/N=C/c1cccc(Br)c1)C(=O)Nc1ccccc1C(=O)NC1CCCCC1. The average molecular weight is 471 g/mol. The Balaban J connectivity index is 1.59. The van der Waals surface area contributed by atoms with Gasteiger partial charge in [0.1, 0.15) is 0 Å². The van der Waals surface area contributed by atoms with E-state index in [0.717, 1.165) is 35.7 Å². The van der Waals surface area contributed by atoms with Crippen LogP contribution in [0.3, 0.4) is 0 Å². The Bertz CT molecular complexity index is 955. The fourth-order valence-corrected chi connectivity index (χ4v) is 3.70. The number of para-hydroxylation sites is 1. The third kappa shape index (κ3) is 6.25. The summed E-state index contributed by atoms with van der Waals surface area (Å²) in [4.78, 5) is 36.9. The molecule has 0 atom stereocenters. The molecule has 1 fully saturated rings. The first kappa shape index (κ1) is 21.7. The zero-order chi connectivity index (χ0) is 21.3. The number of rotatable bonds is 5. The molecule has 0 bridgehead atoms. The molecule has 3 rings (SSSR count). The molecule has 0 saturated heterocycles. The molecule has 0 heterocycles. The highest BCUT2D eigenvalue weighted by Gasteiger charge is 2.20. The van der Waals surface area contributed by atoms with Crippen molar-refractivity contribution in [3.05, 3.63) is 64.1 Å². The van der Waals surface area contributed by atoms with Crippen LogP contribution >= 0.6 is 15.9 Å². The Hall–Kier alpha value is -3.00. The van der Waals surface area contributed by atoms with Gasteiger partial charge in [-0.3, -0.25) is 14.4 Å². The number of anilines is 1. The molecule has 1 aliphatic carbocycles. The van der Waals surface area contributed by atoms with Gasteiger partial charge in [0, 0.05) is 10.5 Å². The number of nitrogens with one attached hydrogen (secondary N) is 3. The number of amides is 3. The minimum Gasteiger partial charge on any atom is -0.349 e. The lowest BCUT2D eigenvalue weighted by molar-refractivity contribution is -0.136. The summed E-state index contributed by atoms with van der Waals surface area (Å²) in [6.07, 6.45) is 6.74. The van der Waals surface area contributed by atoms with Crippen molar-refractivity contribution in [1.29, 1.82) is 0 Å². The highest BCUT2D eigenvalue weighted by atomic mass is 79.9. The third-order valence-corrected chi connectivity index (χ3v) is 5.29. The normalized spacial score (nSPS) is 14.3. The molecule has 0 radical (unpaired) electrons. The number of nitrogens with zero attached hydrogens (tertiary/aromatic N) is 1. The zero-order valence-corrected chi connectivity index (χ0v) is 17.9. The van der Waals surface area contributed by atoms with Crippen LogP contribution in [-0.2, 0) is 9.59 Å². The summed E-state index contributed by atoms with van der Waals surface area (Å²) in [5, 5.41) is 9.30. The quantitative estimate of drug-likeness (QED) is 0.353. The number of carbonyl (C=O) groups is 3. The van der Waals surface area contributed by atoms with Crippen molar-refractivity contribution in [3.63, 3.8) is 0 Å². The van der Waals surface area contributed by atoms with Crippen LogP contribution in [0.1, 0.15) is 48.0 Å². The average Bonchev–Trinajstić information content (AvgIpc) is 2.74. The molecular weight excluding hydrogens is 448 g/mol. The van der Waals surface area contributed by atoms with Gasteiger partial charge in [0.2, 0.25) is 0 Å². The van der Waals surface area contributed by atoms with E-state index >= 15 is 0 Å². The molecule has 2 aromatic carbocycles. The second kappa shape index (κ2) is 10.7. The van der Waals surface area contributed by atoms with Gasteiger partial charge in [0.05, 0.1) is 17.5 Å². The fourth-order valence-electron chi connectivity index (χ4n) is 3.28. The Labute approximate surface area is 183 Å². The van der Waals surface area contributed by atoms with E-state index in [4.69, 9.17) is 0 Å². The maximum Gasteiger partial charge on any atom is 0.329 e. The van der Waals surface area contributed by atoms with E-state index in [0.29, 0.717) is 5.56 Å². The van der Waals surface area contributed by atoms with Crippen molar-refractivity contribution in [2.45, 2.75) is 38.1 Å². The van der Waals surface area contributed by atoms with E-state index in [2.05, 4.69) is 37.1 Å². The minimum absolute atomic E-state index is 0.144. The first-order valence-corrected chi connectivity index (χ1v) is 10.6. The lowest BCUT2D eigenvalue weighted by Gasteiger charge is -2.23. The molecule has 0 spiro atoms. The Morgan fingerprint density at radius 3 is 2.50 bits per heavy atom. The molecular formula is C22H23BrN4O3. The van der Waals surface area contributed by atoms with Gasteiger partial charge in [0.15, 0.2) is 0 Å². The van der Waals surface area contributed by atoms with Crippen molar-refractivity contribution in [2.24, 2.45) is 5.10 Å². The molecule has 1 aliphatic rings. The second-order valence-corrected chi connectivity index (χ2v) is 7.98. The predicted molar refractivity (Wildman–Crippen MR) is 119 cm³/mol. The van der Waals surface area contributed by atoms with Crippen LogP contribution in [0.25, 0.3) is 0 Å². The summed E-state index contributed by atoms with van der Waals surface area (Å²) in [6.45, 7) is 0. The standard InChI is InChI=1S/C22H23BrN4O3/c23-16-8-6-7-15(13-16)14-24-27-22(30)21(29)26-19-12-5-4-11-18(19)20(28)25-17-9-2-1-3-10-17/h4-8,11-14,17H,1-3,9-10H2,(H,25,28)(H,26,29)(H,27,30)/b24-14+. The lowest BCUT2D eigenvalue weighted by atomic mass is 9.95. The molecule has 3 N–H and O–H groups in total. The maximum absolute atomic E-state index is 12.7. The van der Waals surface area contributed by atoms with Gasteiger partial charge in [-0.15, -0.1) is 0 Å². The predicted octanol–water partition coefficient (Wildman–Crippen LogP) is 3.60. The largest absolute Gasteiger partial charge is 0.349 e. The van der Waals surface area contributed by atoms with Gasteiger partial charge >= 0.3 is 11.8 Å². The van der Waals surface area contributed by atoms with Gasteiger partial charge in [-0.05, 0) is 42.7 Å². The molecule has 8 heteroatoms. The maximum atomic E-state index is 12.7. The van der Waals surface area contributed by atoms with Crippen LogP contribution in [0.2, 0.25) is 0 Å². The van der Waals surface area contributed by atoms with Crippen molar-refractivity contribution in [1.82, 2.24) is 10.7 Å². The van der Waals surface area contributed by atoms with Crippen molar-refractivity contribution in [3.8, 4) is 0 Å². The number of hydrogen-bond acceptors (Lipinski definition) is 4. The van der Waals surface area contributed by atoms with Crippen LogP contribution in [0, 0.1) is 0 Å². The van der Waals surface area contributed by atoms with Crippen molar-refractivity contribution in [2.75, 3.05) is 5.32 Å². The number of hydrogen-bond donors (Lipinski definition) is 3. The summed E-state index contributed by atoms with van der Waals surface area (Å²) in [6, 6.07) is 14.1. The van der Waals surface area contributed by atoms with Gasteiger partial charge in [-0.1, -0.05) is 59.5 Å². The molecule has 0 aromatic heterocycles. The van der Waals surface area contributed by atoms with E-state index < -0.39 is 11.8 Å². The summed E-state index contributed by atoms with van der Waals surface area (Å²) in [5.41, 5.74) is 3.55. The summed E-state index contributed by atoms with van der Waals surface area (Å²) >= 11 is 3.35. The Kier molecular flexibility index (Phi) is 7.73. The molecule has 2 aromatic rings. The summed E-state index contributed by atoms with van der Waals surface area (Å²) in [7, 11) is 0. The number of benzene rings is 2. The Morgan fingerprint density at radius 2 is 1.73 bits per heavy atom. The van der Waals surface area contributed by atoms with E-state index in [1.54, 1.807) is 24.3 Å². The monoisotopic (exact) mass is 470 g/mol. The highest BCUT2D eigenvalue weighted by molar-refractivity contribution is 9.10. The first-order chi connectivity index (χ1) is 14.5. The third-order valence-electron chi connectivity index (χ3n) is 4.79. The second-order valence-electron chi connectivity index (χ2n) is 7.06. The molecule has 156 valence electrons. The van der Waals surface area contributed by atoms with Crippen LogP contribution in [0.4, 0.5) is 5.69 Å². The number of hydrazone groups is 1. The molecule has 1 saturated carbocycles. The lowest BCUT2D eigenvalue weighted by Crippen LogP contribution is -2.37. The molecule has 0 unspecified atom stereocenters. The van der Waals surface area contributed by atoms with E-state index in [1.165, 1.54) is 12.6 Å². The first-order valence-electron chi connectivity index (χ1n) is 9.83. The number of halogens is 1. The van der Waals surface area contributed by atoms with Crippen LogP contribution in [0.5, 0.6) is 0 Å². The fraction of sp³-hybridized carbons (Fsp3) is 0.273. The van der Waals surface area contributed by atoms with Gasteiger partial charge in [0.25, 0.3) is 5.91 Å². The van der Waals surface area contributed by atoms with Crippen LogP contribution in [-0.4, -0.2) is 30.0 Å².